The first-order valence-corrected chi connectivity index (χ1v) is 10.2. The van der Waals surface area contributed by atoms with Gasteiger partial charge in [0.15, 0.2) is 5.69 Å². The number of carboxylic acid groups (broad SMARTS) is 1. The first-order valence-electron chi connectivity index (χ1n) is 9.40. The minimum Gasteiger partial charge on any atom is -0.476 e. The van der Waals surface area contributed by atoms with E-state index in [2.05, 4.69) is 15.2 Å². The zero-order chi connectivity index (χ0) is 21.6. The molecule has 8 nitrogen and oxygen atoms in total. The summed E-state index contributed by atoms with van der Waals surface area (Å²) >= 11 is 12.1. The predicted octanol–water partition coefficient (Wildman–Crippen LogP) is 3.79. The maximum atomic E-state index is 13.0. The van der Waals surface area contributed by atoms with Crippen molar-refractivity contribution in [2.75, 3.05) is 23.3 Å². The average Bonchev–Trinajstić information content (AvgIpc) is 2.65. The summed E-state index contributed by atoms with van der Waals surface area (Å²) in [6.07, 6.45) is 2.61. The van der Waals surface area contributed by atoms with Crippen molar-refractivity contribution in [2.45, 2.75) is 26.3 Å². The largest absolute Gasteiger partial charge is 0.476 e. The summed E-state index contributed by atoms with van der Waals surface area (Å²) in [5.41, 5.74) is 1.62. The van der Waals surface area contributed by atoms with E-state index in [1.54, 1.807) is 25.3 Å². The number of fused-ring (bicyclic) bond motifs is 1. The lowest BCUT2D eigenvalue weighted by atomic mass is 10.1. The Morgan fingerprint density at radius 3 is 2.63 bits per heavy atom. The van der Waals surface area contributed by atoms with Gasteiger partial charge >= 0.3 is 5.97 Å². The van der Waals surface area contributed by atoms with E-state index in [0.29, 0.717) is 33.3 Å². The Bertz CT molecular complexity index is 1220. The molecule has 4 heterocycles. The molecule has 10 heteroatoms. The summed E-state index contributed by atoms with van der Waals surface area (Å²) in [5.74, 6) is -0.533. The van der Waals surface area contributed by atoms with E-state index in [1.165, 1.54) is 10.5 Å². The molecule has 1 aliphatic rings. The molecular weight excluding hydrogens is 429 g/mol. The fourth-order valence-corrected chi connectivity index (χ4v) is 3.85. The van der Waals surface area contributed by atoms with Crippen LogP contribution in [0.2, 0.25) is 10.2 Å². The molecule has 1 saturated heterocycles. The number of halogens is 2. The van der Waals surface area contributed by atoms with Gasteiger partial charge in [0.2, 0.25) is 0 Å². The van der Waals surface area contributed by atoms with Gasteiger partial charge < -0.3 is 15.3 Å². The number of nitrogens with zero attached hydrogens (tertiary/aromatic N) is 4. The maximum Gasteiger partial charge on any atom is 0.356 e. The van der Waals surface area contributed by atoms with Gasteiger partial charge in [-0.05, 0) is 38.5 Å². The lowest BCUT2D eigenvalue weighted by molar-refractivity contribution is 0.0691. The molecule has 156 valence electrons. The van der Waals surface area contributed by atoms with Crippen LogP contribution in [0, 0.1) is 6.92 Å². The van der Waals surface area contributed by atoms with E-state index in [9.17, 15) is 14.7 Å². The van der Waals surface area contributed by atoms with Crippen molar-refractivity contribution in [3.8, 4) is 0 Å². The van der Waals surface area contributed by atoms with Crippen molar-refractivity contribution in [3.63, 3.8) is 0 Å². The third-order valence-electron chi connectivity index (χ3n) is 5.18. The molecule has 0 amide bonds. The summed E-state index contributed by atoms with van der Waals surface area (Å²) in [4.78, 5) is 35.2. The van der Waals surface area contributed by atoms with Gasteiger partial charge in [-0.25, -0.2) is 14.8 Å². The van der Waals surface area contributed by atoms with Gasteiger partial charge in [0.25, 0.3) is 5.56 Å². The summed E-state index contributed by atoms with van der Waals surface area (Å²) in [7, 11) is 0. The Balaban J connectivity index is 1.83. The molecule has 1 atom stereocenters. The lowest BCUT2D eigenvalue weighted by Crippen LogP contribution is -2.39. The molecule has 0 aromatic carbocycles. The van der Waals surface area contributed by atoms with Crippen LogP contribution in [0.15, 0.2) is 29.2 Å². The van der Waals surface area contributed by atoms with Crippen LogP contribution in [-0.4, -0.2) is 38.5 Å². The normalized spacial score (nSPS) is 14.5. The number of nitrogens with one attached hydrogen (secondary N) is 1. The fourth-order valence-electron chi connectivity index (χ4n) is 3.49. The number of rotatable bonds is 5. The third kappa shape index (κ3) is 3.57. The smallest absolute Gasteiger partial charge is 0.356 e. The molecule has 1 fully saturated rings. The highest BCUT2D eigenvalue weighted by Gasteiger charge is 2.23. The number of hydrogen-bond acceptors (Lipinski definition) is 6. The van der Waals surface area contributed by atoms with E-state index < -0.39 is 12.0 Å². The summed E-state index contributed by atoms with van der Waals surface area (Å²) in [6, 6.07) is 4.36. The molecule has 0 spiro atoms. The van der Waals surface area contributed by atoms with E-state index in [4.69, 9.17) is 28.2 Å². The number of aromatic carboxylic acids is 1. The Hall–Kier alpha value is -2.84. The zero-order valence-electron chi connectivity index (χ0n) is 16.3. The van der Waals surface area contributed by atoms with Gasteiger partial charge in [0.1, 0.15) is 16.6 Å². The van der Waals surface area contributed by atoms with E-state index >= 15 is 0 Å². The molecule has 1 aliphatic heterocycles. The molecule has 3 aromatic rings. The molecule has 0 saturated carbocycles. The monoisotopic (exact) mass is 447 g/mol. The number of anilines is 2. The number of pyridine rings is 2. The van der Waals surface area contributed by atoms with Gasteiger partial charge in [-0.3, -0.25) is 9.20 Å². The molecule has 4 rings (SSSR count). The second-order valence-corrected chi connectivity index (χ2v) is 8.04. The molecule has 2 N–H and O–H groups in total. The molecule has 30 heavy (non-hydrogen) atoms. The Kier molecular flexibility index (Phi) is 5.29. The molecule has 0 unspecified atom stereocenters. The van der Waals surface area contributed by atoms with Crippen LogP contribution >= 0.6 is 23.2 Å². The number of aromatic nitrogens is 3. The van der Waals surface area contributed by atoms with Crippen LogP contribution in [0.3, 0.4) is 0 Å². The van der Waals surface area contributed by atoms with Crippen molar-refractivity contribution in [1.29, 1.82) is 0 Å². The molecule has 0 radical (unpaired) electrons. The summed E-state index contributed by atoms with van der Waals surface area (Å²) in [6.45, 7) is 5.31. The standard InChI is InChI=1S/C20H19Cl2N5O3/c1-10-17(26-6-3-7-26)25-18-13(8-12(21)9-27(18)19(10)28)11(2)23-14-4-5-15(22)24-16(14)20(29)30/h4-5,8-9,11,23H,3,6-7H2,1-2H3,(H,29,30)/t11-/m1/s1. The maximum absolute atomic E-state index is 13.0. The molecular formula is C20H19Cl2N5O3. The van der Waals surface area contributed by atoms with Crippen molar-refractivity contribution in [1.82, 2.24) is 14.4 Å². The third-order valence-corrected chi connectivity index (χ3v) is 5.59. The van der Waals surface area contributed by atoms with Crippen LogP contribution in [0.25, 0.3) is 5.65 Å². The van der Waals surface area contributed by atoms with Crippen molar-refractivity contribution < 1.29 is 9.90 Å². The second-order valence-electron chi connectivity index (χ2n) is 7.21. The number of hydrogen-bond donors (Lipinski definition) is 2. The lowest BCUT2D eigenvalue weighted by Gasteiger charge is -2.33. The summed E-state index contributed by atoms with van der Waals surface area (Å²) in [5, 5.41) is 13.0. The Morgan fingerprint density at radius 1 is 1.27 bits per heavy atom. The van der Waals surface area contributed by atoms with Crippen LogP contribution in [-0.2, 0) is 0 Å². The van der Waals surface area contributed by atoms with E-state index in [-0.39, 0.29) is 16.4 Å². The second kappa shape index (κ2) is 7.77. The molecule has 0 aliphatic carbocycles. The van der Waals surface area contributed by atoms with Crippen LogP contribution in [0.5, 0.6) is 0 Å². The summed E-state index contributed by atoms with van der Waals surface area (Å²) < 4.78 is 1.44. The highest BCUT2D eigenvalue weighted by atomic mass is 35.5. The van der Waals surface area contributed by atoms with Gasteiger partial charge in [0.05, 0.1) is 22.3 Å². The van der Waals surface area contributed by atoms with E-state index in [0.717, 1.165) is 19.5 Å². The van der Waals surface area contributed by atoms with Crippen LogP contribution < -0.4 is 15.8 Å². The number of carboxylic acids is 1. The highest BCUT2D eigenvalue weighted by molar-refractivity contribution is 6.30. The predicted molar refractivity (Wildman–Crippen MR) is 116 cm³/mol. The van der Waals surface area contributed by atoms with Crippen molar-refractivity contribution in [3.05, 3.63) is 61.7 Å². The minimum atomic E-state index is -1.20. The Labute approximate surface area is 182 Å². The zero-order valence-corrected chi connectivity index (χ0v) is 17.8. The highest BCUT2D eigenvalue weighted by Crippen LogP contribution is 2.29. The minimum absolute atomic E-state index is 0.0849. The number of carbonyl (C=O) groups is 1. The molecule has 0 bridgehead atoms. The van der Waals surface area contributed by atoms with Gasteiger partial charge in [-0.2, -0.15) is 0 Å². The van der Waals surface area contributed by atoms with Gasteiger partial charge in [-0.15, -0.1) is 0 Å². The fraction of sp³-hybridized carbons (Fsp3) is 0.300. The van der Waals surface area contributed by atoms with Crippen LogP contribution in [0.4, 0.5) is 11.5 Å². The Morgan fingerprint density at radius 2 is 2.00 bits per heavy atom. The van der Waals surface area contributed by atoms with Crippen molar-refractivity contribution in [2.24, 2.45) is 0 Å². The SMILES string of the molecule is Cc1c(N2CCC2)nc2c([C@@H](C)Nc3ccc(Cl)nc3C(=O)O)cc(Cl)cn2c1=O. The van der Waals surface area contributed by atoms with Crippen molar-refractivity contribution >= 4 is 46.3 Å². The topological polar surface area (TPSA) is 99.8 Å². The molecule has 3 aromatic heterocycles. The first-order chi connectivity index (χ1) is 14.3. The van der Waals surface area contributed by atoms with Crippen LogP contribution in [0.1, 0.15) is 41.0 Å². The average molecular weight is 448 g/mol. The first kappa shape index (κ1) is 20.4. The quantitative estimate of drug-likeness (QED) is 0.573. The van der Waals surface area contributed by atoms with Gasteiger partial charge in [-0.1, -0.05) is 23.2 Å². The van der Waals surface area contributed by atoms with E-state index in [1.807, 2.05) is 6.92 Å². The van der Waals surface area contributed by atoms with Gasteiger partial charge in [0, 0.05) is 24.8 Å².